The van der Waals surface area contributed by atoms with Gasteiger partial charge in [-0.15, -0.1) is 6.42 Å². The summed E-state index contributed by atoms with van der Waals surface area (Å²) in [4.78, 5) is 4.00. The minimum atomic E-state index is 0.499. The first kappa shape index (κ1) is 9.56. The van der Waals surface area contributed by atoms with Crippen molar-refractivity contribution in [2.75, 3.05) is 20.3 Å². The van der Waals surface area contributed by atoms with Crippen molar-refractivity contribution in [2.45, 2.75) is 0 Å². The molecule has 3 nitrogen and oxygen atoms in total. The average molecular weight is 177 g/mol. The lowest BCUT2D eigenvalue weighted by Gasteiger charge is -2.03. The molecule has 0 N–H and O–H groups in total. The summed E-state index contributed by atoms with van der Waals surface area (Å²) in [6.45, 7) is 1.05. The number of hydrogen-bond acceptors (Lipinski definition) is 3. The second-order valence-electron chi connectivity index (χ2n) is 2.37. The van der Waals surface area contributed by atoms with Gasteiger partial charge < -0.3 is 9.47 Å². The quantitative estimate of drug-likeness (QED) is 0.509. The van der Waals surface area contributed by atoms with E-state index in [0.29, 0.717) is 19.1 Å². The fourth-order valence-corrected chi connectivity index (χ4v) is 0.781. The fourth-order valence-electron chi connectivity index (χ4n) is 0.781. The van der Waals surface area contributed by atoms with Crippen LogP contribution in [0.25, 0.3) is 0 Å². The Hall–Kier alpha value is -1.53. The molecule has 68 valence electrons. The van der Waals surface area contributed by atoms with Gasteiger partial charge in [0.05, 0.1) is 6.61 Å². The van der Waals surface area contributed by atoms with Gasteiger partial charge in [0.25, 0.3) is 0 Å². The lowest BCUT2D eigenvalue weighted by Crippen LogP contribution is -2.05. The third-order valence-corrected chi connectivity index (χ3v) is 1.44. The second kappa shape index (κ2) is 5.18. The van der Waals surface area contributed by atoms with Crippen molar-refractivity contribution in [3.63, 3.8) is 0 Å². The predicted molar refractivity (Wildman–Crippen MR) is 49.5 cm³/mol. The van der Waals surface area contributed by atoms with Crippen LogP contribution in [0.1, 0.15) is 5.56 Å². The van der Waals surface area contributed by atoms with Crippen LogP contribution in [0.15, 0.2) is 18.3 Å². The summed E-state index contributed by atoms with van der Waals surface area (Å²) in [5, 5.41) is 0. The zero-order valence-electron chi connectivity index (χ0n) is 7.49. The zero-order valence-corrected chi connectivity index (χ0v) is 7.49. The standard InChI is InChI=1S/C10H11NO2/c1-3-9-4-5-10(11-8-9)13-7-6-12-2/h1,4-5,8H,6-7H2,2H3. The van der Waals surface area contributed by atoms with E-state index in [9.17, 15) is 0 Å². The van der Waals surface area contributed by atoms with E-state index in [-0.39, 0.29) is 0 Å². The molecule has 1 heterocycles. The Morgan fingerprint density at radius 1 is 1.46 bits per heavy atom. The van der Waals surface area contributed by atoms with E-state index in [2.05, 4.69) is 10.9 Å². The topological polar surface area (TPSA) is 31.4 Å². The lowest BCUT2D eigenvalue weighted by atomic mass is 10.3. The van der Waals surface area contributed by atoms with Gasteiger partial charge in [0.15, 0.2) is 0 Å². The van der Waals surface area contributed by atoms with Crippen LogP contribution in [0.2, 0.25) is 0 Å². The molecule has 0 aromatic carbocycles. The Kier molecular flexibility index (Phi) is 3.80. The largest absolute Gasteiger partial charge is 0.475 e. The number of pyridine rings is 1. The molecule has 13 heavy (non-hydrogen) atoms. The van der Waals surface area contributed by atoms with Crippen LogP contribution < -0.4 is 4.74 Å². The highest BCUT2D eigenvalue weighted by Gasteiger charge is 1.93. The van der Waals surface area contributed by atoms with E-state index >= 15 is 0 Å². The van der Waals surface area contributed by atoms with Crippen LogP contribution in [0.4, 0.5) is 0 Å². The highest BCUT2D eigenvalue weighted by atomic mass is 16.5. The summed E-state index contributed by atoms with van der Waals surface area (Å²) in [6.07, 6.45) is 6.77. The van der Waals surface area contributed by atoms with E-state index in [1.807, 2.05) is 0 Å². The van der Waals surface area contributed by atoms with Gasteiger partial charge in [0, 0.05) is 24.9 Å². The van der Waals surface area contributed by atoms with Crippen LogP contribution in [0.3, 0.4) is 0 Å². The molecule has 3 heteroatoms. The van der Waals surface area contributed by atoms with Crippen LogP contribution in [0.5, 0.6) is 5.88 Å². The third-order valence-electron chi connectivity index (χ3n) is 1.44. The number of methoxy groups -OCH3 is 1. The van der Waals surface area contributed by atoms with Crippen molar-refractivity contribution < 1.29 is 9.47 Å². The van der Waals surface area contributed by atoms with E-state index in [1.165, 1.54) is 0 Å². The Bertz CT molecular complexity index is 287. The molecule has 0 radical (unpaired) electrons. The molecule has 0 unspecified atom stereocenters. The fraction of sp³-hybridized carbons (Fsp3) is 0.300. The molecule has 0 fully saturated rings. The molecule has 0 spiro atoms. The van der Waals surface area contributed by atoms with Crippen LogP contribution >= 0.6 is 0 Å². The van der Waals surface area contributed by atoms with Crippen LogP contribution in [-0.2, 0) is 4.74 Å². The Morgan fingerprint density at radius 2 is 2.31 bits per heavy atom. The van der Waals surface area contributed by atoms with Crippen LogP contribution in [-0.4, -0.2) is 25.3 Å². The Morgan fingerprint density at radius 3 is 2.85 bits per heavy atom. The predicted octanol–water partition coefficient (Wildman–Crippen LogP) is 1.09. The van der Waals surface area contributed by atoms with Crippen molar-refractivity contribution >= 4 is 0 Å². The van der Waals surface area contributed by atoms with Gasteiger partial charge in [-0.3, -0.25) is 0 Å². The number of ether oxygens (including phenoxy) is 2. The van der Waals surface area contributed by atoms with Gasteiger partial charge in [-0.2, -0.15) is 0 Å². The summed E-state index contributed by atoms with van der Waals surface area (Å²) < 4.78 is 10.1. The van der Waals surface area contributed by atoms with Gasteiger partial charge >= 0.3 is 0 Å². The summed E-state index contributed by atoms with van der Waals surface area (Å²) >= 11 is 0. The molecule has 0 amide bonds. The van der Waals surface area contributed by atoms with E-state index in [4.69, 9.17) is 15.9 Å². The minimum absolute atomic E-state index is 0.499. The normalized spacial score (nSPS) is 9.23. The third kappa shape index (κ3) is 3.14. The first-order valence-corrected chi connectivity index (χ1v) is 3.91. The maximum absolute atomic E-state index is 5.24. The van der Waals surface area contributed by atoms with Crippen molar-refractivity contribution in [1.29, 1.82) is 0 Å². The number of rotatable bonds is 4. The monoisotopic (exact) mass is 177 g/mol. The number of hydrogen-bond donors (Lipinski definition) is 0. The van der Waals surface area contributed by atoms with Gasteiger partial charge in [0.2, 0.25) is 5.88 Å². The molecule has 0 atom stereocenters. The average Bonchev–Trinajstić information content (AvgIpc) is 2.19. The van der Waals surface area contributed by atoms with E-state index in [1.54, 1.807) is 25.4 Å². The maximum atomic E-state index is 5.24. The highest BCUT2D eigenvalue weighted by Crippen LogP contribution is 2.05. The number of terminal acetylenes is 1. The number of aromatic nitrogens is 1. The van der Waals surface area contributed by atoms with Crippen molar-refractivity contribution in [3.05, 3.63) is 23.9 Å². The zero-order chi connectivity index (χ0) is 9.52. The molecule has 0 bridgehead atoms. The lowest BCUT2D eigenvalue weighted by molar-refractivity contribution is 0.144. The molecular formula is C10H11NO2. The Balaban J connectivity index is 2.46. The highest BCUT2D eigenvalue weighted by molar-refractivity contribution is 5.31. The van der Waals surface area contributed by atoms with E-state index < -0.39 is 0 Å². The SMILES string of the molecule is C#Cc1ccc(OCCOC)nc1. The molecule has 0 aliphatic carbocycles. The van der Waals surface area contributed by atoms with Crippen molar-refractivity contribution in [2.24, 2.45) is 0 Å². The minimum Gasteiger partial charge on any atom is -0.475 e. The summed E-state index contributed by atoms with van der Waals surface area (Å²) in [5.41, 5.74) is 0.749. The molecule has 0 aliphatic rings. The summed E-state index contributed by atoms with van der Waals surface area (Å²) in [7, 11) is 1.62. The van der Waals surface area contributed by atoms with Gasteiger partial charge in [-0.1, -0.05) is 5.92 Å². The number of nitrogens with zero attached hydrogens (tertiary/aromatic N) is 1. The molecule has 0 aliphatic heterocycles. The van der Waals surface area contributed by atoms with Gasteiger partial charge in [0.1, 0.15) is 6.61 Å². The van der Waals surface area contributed by atoms with Gasteiger partial charge in [-0.05, 0) is 6.07 Å². The van der Waals surface area contributed by atoms with Crippen molar-refractivity contribution in [1.82, 2.24) is 4.98 Å². The molecule has 0 saturated heterocycles. The molecule has 0 saturated carbocycles. The molecular weight excluding hydrogens is 166 g/mol. The second-order valence-corrected chi connectivity index (χ2v) is 2.37. The smallest absolute Gasteiger partial charge is 0.213 e. The van der Waals surface area contributed by atoms with Gasteiger partial charge in [-0.25, -0.2) is 4.98 Å². The summed E-state index contributed by atoms with van der Waals surface area (Å²) in [6, 6.07) is 3.53. The Labute approximate surface area is 77.7 Å². The first-order valence-electron chi connectivity index (χ1n) is 3.91. The van der Waals surface area contributed by atoms with Crippen LogP contribution in [0, 0.1) is 12.3 Å². The first-order chi connectivity index (χ1) is 6.36. The molecule has 1 aromatic rings. The van der Waals surface area contributed by atoms with Crippen molar-refractivity contribution in [3.8, 4) is 18.2 Å². The molecule has 1 aromatic heterocycles. The molecule has 1 rings (SSSR count). The summed E-state index contributed by atoms with van der Waals surface area (Å²) in [5.74, 6) is 3.04. The van der Waals surface area contributed by atoms with E-state index in [0.717, 1.165) is 5.56 Å². The maximum Gasteiger partial charge on any atom is 0.213 e.